The Morgan fingerprint density at radius 1 is 1.10 bits per heavy atom. The van der Waals surface area contributed by atoms with E-state index in [9.17, 15) is 14.4 Å². The molecule has 1 N–H and O–H groups in total. The maximum Gasteiger partial charge on any atom is 0.309 e. The smallest absolute Gasteiger partial charge is 0.309 e. The quantitative estimate of drug-likeness (QED) is 0.699. The molecule has 1 heterocycles. The third kappa shape index (κ3) is 4.86. The summed E-state index contributed by atoms with van der Waals surface area (Å²) in [6.07, 6.45) is 3.90. The second-order valence-corrected chi connectivity index (χ2v) is 9.20. The highest BCUT2D eigenvalue weighted by atomic mass is 16.6. The average Bonchev–Trinajstić information content (AvgIpc) is 2.75. The number of hydrogen-bond acceptors (Lipinski definition) is 6. The van der Waals surface area contributed by atoms with Gasteiger partial charge in [-0.05, 0) is 49.3 Å². The van der Waals surface area contributed by atoms with Crippen molar-refractivity contribution in [1.29, 1.82) is 0 Å². The number of hydrogen-bond donors (Lipinski definition) is 1. The van der Waals surface area contributed by atoms with Gasteiger partial charge < -0.3 is 19.5 Å². The van der Waals surface area contributed by atoms with Gasteiger partial charge in [0.15, 0.2) is 18.1 Å². The molecule has 1 aromatic carbocycles. The predicted molar refractivity (Wildman–Crippen MR) is 113 cm³/mol. The lowest BCUT2D eigenvalue weighted by molar-refractivity contribution is -0.156. The molecule has 7 heteroatoms. The molecule has 4 rings (SSSR count). The molecule has 2 bridgehead atoms. The fraction of sp³-hybridized carbons (Fsp3) is 0.625. The lowest BCUT2D eigenvalue weighted by Crippen LogP contribution is -2.40. The number of carbonyl (C=O) groups excluding carboxylic acids is 3. The number of carbonyl (C=O) groups is 3. The van der Waals surface area contributed by atoms with Crippen LogP contribution in [-0.2, 0) is 19.1 Å². The molecule has 2 saturated carbocycles. The first kappa shape index (κ1) is 21.7. The highest BCUT2D eigenvalue weighted by molar-refractivity contribution is 5.88. The van der Waals surface area contributed by atoms with E-state index in [1.807, 2.05) is 32.0 Å². The van der Waals surface area contributed by atoms with Gasteiger partial charge in [-0.3, -0.25) is 14.4 Å². The molecule has 31 heavy (non-hydrogen) atoms. The van der Waals surface area contributed by atoms with Crippen molar-refractivity contribution in [3.63, 3.8) is 0 Å². The van der Waals surface area contributed by atoms with Crippen molar-refractivity contribution in [2.24, 2.45) is 23.7 Å². The van der Waals surface area contributed by atoms with E-state index in [-0.39, 0.29) is 48.2 Å². The number of rotatable bonds is 6. The molecular formula is C24H31NO6. The molecule has 1 unspecified atom stereocenters. The van der Waals surface area contributed by atoms with Crippen LogP contribution in [0.5, 0.6) is 11.5 Å². The van der Waals surface area contributed by atoms with E-state index in [0.717, 1.165) is 24.8 Å². The molecule has 0 radical (unpaired) electrons. The fourth-order valence-electron chi connectivity index (χ4n) is 5.03. The monoisotopic (exact) mass is 429 g/mol. The zero-order chi connectivity index (χ0) is 22.0. The van der Waals surface area contributed by atoms with Crippen LogP contribution in [0.1, 0.15) is 57.6 Å². The zero-order valence-electron chi connectivity index (χ0n) is 18.2. The zero-order valence-corrected chi connectivity index (χ0v) is 18.2. The first-order valence-corrected chi connectivity index (χ1v) is 11.3. The maximum absolute atomic E-state index is 12.6. The Hall–Kier alpha value is -2.57. The normalized spacial score (nSPS) is 25.6. The molecule has 0 aromatic heterocycles. The minimum Gasteiger partial charge on any atom is -0.486 e. The summed E-state index contributed by atoms with van der Waals surface area (Å²) in [5, 5.41) is 2.98. The Balaban J connectivity index is 1.32. The van der Waals surface area contributed by atoms with Crippen LogP contribution >= 0.6 is 0 Å². The topological polar surface area (TPSA) is 90.9 Å². The van der Waals surface area contributed by atoms with Gasteiger partial charge in [-0.2, -0.15) is 0 Å². The highest BCUT2D eigenvalue weighted by Gasteiger charge is 2.42. The molecule has 1 aromatic rings. The Labute approximate surface area is 182 Å². The van der Waals surface area contributed by atoms with Crippen molar-refractivity contribution in [3.8, 4) is 11.5 Å². The average molecular weight is 430 g/mol. The molecule has 1 amide bonds. The Bertz CT molecular complexity index is 834. The number of esters is 1. The SMILES string of the molecule is CC(C)[C@@H](NC(=O)COC(=O)C1C[C@H]2CCC[C@@H](C1)C2=O)c1ccc2c(c1)OCCO2. The van der Waals surface area contributed by atoms with Crippen LogP contribution < -0.4 is 14.8 Å². The number of fused-ring (bicyclic) bond motifs is 3. The third-order valence-corrected chi connectivity index (χ3v) is 6.64. The second kappa shape index (κ2) is 9.28. The molecule has 0 spiro atoms. The van der Waals surface area contributed by atoms with Crippen LogP contribution in [0.25, 0.3) is 0 Å². The maximum atomic E-state index is 12.6. The number of amides is 1. The molecule has 1 aliphatic heterocycles. The van der Waals surface area contributed by atoms with E-state index in [1.165, 1.54) is 0 Å². The van der Waals surface area contributed by atoms with Crippen LogP contribution in [0.15, 0.2) is 18.2 Å². The second-order valence-electron chi connectivity index (χ2n) is 9.20. The van der Waals surface area contributed by atoms with Crippen molar-refractivity contribution < 1.29 is 28.6 Å². The van der Waals surface area contributed by atoms with E-state index in [2.05, 4.69) is 5.32 Å². The van der Waals surface area contributed by atoms with Gasteiger partial charge in [0.2, 0.25) is 0 Å². The van der Waals surface area contributed by atoms with Crippen LogP contribution in [-0.4, -0.2) is 37.5 Å². The molecule has 2 fully saturated rings. The summed E-state index contributed by atoms with van der Waals surface area (Å²) in [6.45, 7) is 4.75. The van der Waals surface area contributed by atoms with Gasteiger partial charge in [0.1, 0.15) is 19.0 Å². The number of ether oxygens (including phenoxy) is 3. The van der Waals surface area contributed by atoms with Gasteiger partial charge in [0, 0.05) is 11.8 Å². The standard InChI is InChI=1S/C24H31NO6/c1-14(2)22(15-6-7-19-20(12-15)30-9-8-29-19)25-21(26)13-31-24(28)18-10-16-4-3-5-17(11-18)23(16)27/h6-7,12,14,16-18,22H,3-5,8-11,13H2,1-2H3,(H,25,26)/t16-,17+,18?,22-/m1/s1. The number of Topliss-reactive ketones (excluding diaryl/α,β-unsaturated/α-hetero) is 1. The van der Waals surface area contributed by atoms with Gasteiger partial charge in [-0.15, -0.1) is 0 Å². The molecule has 7 nitrogen and oxygen atoms in total. The molecule has 2 aliphatic carbocycles. The van der Waals surface area contributed by atoms with E-state index in [0.29, 0.717) is 43.3 Å². The first-order valence-electron chi connectivity index (χ1n) is 11.3. The minimum atomic E-state index is -0.361. The summed E-state index contributed by atoms with van der Waals surface area (Å²) in [5.41, 5.74) is 0.914. The van der Waals surface area contributed by atoms with Crippen molar-refractivity contribution in [2.75, 3.05) is 19.8 Å². The minimum absolute atomic E-state index is 0.0144. The summed E-state index contributed by atoms with van der Waals surface area (Å²) < 4.78 is 16.6. The van der Waals surface area contributed by atoms with Crippen molar-refractivity contribution in [2.45, 2.75) is 52.0 Å². The van der Waals surface area contributed by atoms with E-state index < -0.39 is 0 Å². The van der Waals surface area contributed by atoms with Crippen molar-refractivity contribution in [1.82, 2.24) is 5.32 Å². The molecule has 3 aliphatic rings. The van der Waals surface area contributed by atoms with Crippen LogP contribution in [0, 0.1) is 23.7 Å². The number of benzene rings is 1. The summed E-state index contributed by atoms with van der Waals surface area (Å²) in [5.74, 6) is 0.812. The van der Waals surface area contributed by atoms with Crippen LogP contribution in [0.2, 0.25) is 0 Å². The fourth-order valence-corrected chi connectivity index (χ4v) is 5.03. The molecular weight excluding hydrogens is 398 g/mol. The molecule has 0 saturated heterocycles. The molecule has 4 atom stereocenters. The van der Waals surface area contributed by atoms with Gasteiger partial charge in [-0.25, -0.2) is 0 Å². The lowest BCUT2D eigenvalue weighted by atomic mass is 9.67. The van der Waals surface area contributed by atoms with Crippen molar-refractivity contribution >= 4 is 17.7 Å². The number of nitrogens with one attached hydrogen (secondary N) is 1. The van der Waals surface area contributed by atoms with E-state index in [1.54, 1.807) is 0 Å². The Morgan fingerprint density at radius 3 is 2.45 bits per heavy atom. The third-order valence-electron chi connectivity index (χ3n) is 6.64. The lowest BCUT2D eigenvalue weighted by Gasteiger charge is -2.36. The van der Waals surface area contributed by atoms with Crippen LogP contribution in [0.4, 0.5) is 0 Å². The number of ketones is 1. The highest BCUT2D eigenvalue weighted by Crippen LogP contribution is 2.40. The Morgan fingerprint density at radius 2 is 1.77 bits per heavy atom. The summed E-state index contributed by atoms with van der Waals surface area (Å²) in [7, 11) is 0. The Kier molecular flexibility index (Phi) is 6.49. The predicted octanol–water partition coefficient (Wildman–Crippen LogP) is 3.21. The summed E-state index contributed by atoms with van der Waals surface area (Å²) >= 11 is 0. The van der Waals surface area contributed by atoms with E-state index >= 15 is 0 Å². The van der Waals surface area contributed by atoms with Crippen LogP contribution in [0.3, 0.4) is 0 Å². The summed E-state index contributed by atoms with van der Waals surface area (Å²) in [6, 6.07) is 5.42. The van der Waals surface area contributed by atoms with Gasteiger partial charge in [-0.1, -0.05) is 26.3 Å². The van der Waals surface area contributed by atoms with Gasteiger partial charge in [0.25, 0.3) is 5.91 Å². The van der Waals surface area contributed by atoms with Gasteiger partial charge in [0.05, 0.1) is 12.0 Å². The molecule has 168 valence electrons. The largest absolute Gasteiger partial charge is 0.486 e. The summed E-state index contributed by atoms with van der Waals surface area (Å²) in [4.78, 5) is 37.3. The first-order chi connectivity index (χ1) is 14.9. The van der Waals surface area contributed by atoms with Gasteiger partial charge >= 0.3 is 5.97 Å². The van der Waals surface area contributed by atoms with E-state index in [4.69, 9.17) is 14.2 Å². The van der Waals surface area contributed by atoms with Crippen molar-refractivity contribution in [3.05, 3.63) is 23.8 Å².